The van der Waals surface area contributed by atoms with Crippen molar-refractivity contribution in [2.75, 3.05) is 6.61 Å². The van der Waals surface area contributed by atoms with Crippen LogP contribution in [0.15, 0.2) is 0 Å². The summed E-state index contributed by atoms with van der Waals surface area (Å²) in [5.74, 6) is 1.34. The first-order valence-electron chi connectivity index (χ1n) is 9.17. The molecule has 1 aliphatic heterocycles. The Balaban J connectivity index is 1.72. The zero-order valence-electron chi connectivity index (χ0n) is 13.9. The highest BCUT2D eigenvalue weighted by atomic mass is 16.5. The van der Waals surface area contributed by atoms with E-state index in [2.05, 4.69) is 19.2 Å². The van der Waals surface area contributed by atoms with E-state index in [9.17, 15) is 4.79 Å². The number of fused-ring (bicyclic) bond motifs is 1. The summed E-state index contributed by atoms with van der Waals surface area (Å²) < 4.78 is 5.61. The van der Waals surface area contributed by atoms with Crippen molar-refractivity contribution in [3.8, 4) is 0 Å². The molecule has 0 bridgehead atoms. The number of carbonyl (C=O) groups excluding carboxylic acids is 1. The predicted molar refractivity (Wildman–Crippen MR) is 86.2 cm³/mol. The molecule has 1 saturated carbocycles. The van der Waals surface area contributed by atoms with Crippen molar-refractivity contribution in [1.82, 2.24) is 5.32 Å². The molecule has 0 aromatic heterocycles. The molecule has 1 aliphatic carbocycles. The molecule has 3 heteroatoms. The Morgan fingerprint density at radius 1 is 1.19 bits per heavy atom. The Bertz CT molecular complexity index is 318. The minimum Gasteiger partial charge on any atom is -0.464 e. The molecule has 0 aromatic carbocycles. The lowest BCUT2D eigenvalue weighted by atomic mass is 9.78. The highest BCUT2D eigenvalue weighted by Crippen LogP contribution is 2.32. The molecule has 1 N–H and O–H groups in total. The van der Waals surface area contributed by atoms with Gasteiger partial charge in [-0.05, 0) is 43.9 Å². The lowest BCUT2D eigenvalue weighted by Crippen LogP contribution is -2.52. The van der Waals surface area contributed by atoms with E-state index in [4.69, 9.17) is 4.74 Å². The van der Waals surface area contributed by atoms with E-state index in [0.717, 1.165) is 18.8 Å². The van der Waals surface area contributed by atoms with E-state index < -0.39 is 0 Å². The average molecular weight is 295 g/mol. The van der Waals surface area contributed by atoms with Crippen LogP contribution in [0, 0.1) is 11.8 Å². The molecule has 2 aliphatic rings. The second-order valence-electron chi connectivity index (χ2n) is 6.99. The number of hydrogen-bond donors (Lipinski definition) is 1. The molecule has 4 unspecified atom stereocenters. The van der Waals surface area contributed by atoms with Crippen molar-refractivity contribution >= 4 is 5.97 Å². The molecule has 4 atom stereocenters. The van der Waals surface area contributed by atoms with Gasteiger partial charge in [0.25, 0.3) is 0 Å². The monoisotopic (exact) mass is 295 g/mol. The predicted octanol–water partition coefficient (Wildman–Crippen LogP) is 4.06. The van der Waals surface area contributed by atoms with Crippen LogP contribution in [0.3, 0.4) is 0 Å². The molecule has 1 heterocycles. The van der Waals surface area contributed by atoms with Crippen LogP contribution in [0.25, 0.3) is 0 Å². The quantitative estimate of drug-likeness (QED) is 0.720. The standard InChI is InChI=1S/C18H33NO2/c1-3-5-8-14(4-2)13-21-18(20)17-12-11-15-9-6-7-10-16(15)19-17/h14-17,19H,3-13H2,1-2H3. The third kappa shape index (κ3) is 4.98. The van der Waals surface area contributed by atoms with Gasteiger partial charge in [-0.1, -0.05) is 46.0 Å². The van der Waals surface area contributed by atoms with Crippen molar-refractivity contribution in [2.24, 2.45) is 11.8 Å². The summed E-state index contributed by atoms with van der Waals surface area (Å²) in [6.07, 6.45) is 12.2. The van der Waals surface area contributed by atoms with Gasteiger partial charge in [0.05, 0.1) is 6.61 Å². The maximum Gasteiger partial charge on any atom is 0.323 e. The molecule has 2 rings (SSSR count). The van der Waals surface area contributed by atoms with E-state index in [1.165, 1.54) is 51.4 Å². The molecule has 122 valence electrons. The molecule has 2 fully saturated rings. The number of carbonyl (C=O) groups is 1. The molecule has 1 saturated heterocycles. The first kappa shape index (κ1) is 16.8. The van der Waals surface area contributed by atoms with Crippen molar-refractivity contribution < 1.29 is 9.53 Å². The van der Waals surface area contributed by atoms with Crippen molar-refractivity contribution in [1.29, 1.82) is 0 Å². The van der Waals surface area contributed by atoms with Crippen LogP contribution in [0.4, 0.5) is 0 Å². The van der Waals surface area contributed by atoms with Gasteiger partial charge in [0, 0.05) is 6.04 Å². The van der Waals surface area contributed by atoms with Gasteiger partial charge < -0.3 is 10.1 Å². The highest BCUT2D eigenvalue weighted by molar-refractivity contribution is 5.76. The second-order valence-corrected chi connectivity index (χ2v) is 6.99. The molecule has 0 spiro atoms. The summed E-state index contributed by atoms with van der Waals surface area (Å²) in [5, 5.41) is 3.57. The summed E-state index contributed by atoms with van der Waals surface area (Å²) in [6.45, 7) is 5.02. The van der Waals surface area contributed by atoms with Crippen LogP contribution in [0.5, 0.6) is 0 Å². The fourth-order valence-corrected chi connectivity index (χ4v) is 3.88. The van der Waals surface area contributed by atoms with Crippen LogP contribution >= 0.6 is 0 Å². The Morgan fingerprint density at radius 3 is 2.76 bits per heavy atom. The first-order valence-corrected chi connectivity index (χ1v) is 9.17. The first-order chi connectivity index (χ1) is 10.2. The molecule has 0 amide bonds. The van der Waals surface area contributed by atoms with Gasteiger partial charge in [0.2, 0.25) is 0 Å². The molecule has 3 nitrogen and oxygen atoms in total. The molecule has 0 radical (unpaired) electrons. The zero-order valence-corrected chi connectivity index (χ0v) is 13.9. The van der Waals surface area contributed by atoms with E-state index >= 15 is 0 Å². The van der Waals surface area contributed by atoms with E-state index in [0.29, 0.717) is 18.6 Å². The summed E-state index contributed by atoms with van der Waals surface area (Å²) >= 11 is 0. The third-order valence-corrected chi connectivity index (χ3v) is 5.44. The maximum absolute atomic E-state index is 12.3. The summed E-state index contributed by atoms with van der Waals surface area (Å²) in [4.78, 5) is 12.3. The summed E-state index contributed by atoms with van der Waals surface area (Å²) in [5.41, 5.74) is 0. The highest BCUT2D eigenvalue weighted by Gasteiger charge is 2.35. The van der Waals surface area contributed by atoms with E-state index in [1.807, 2.05) is 0 Å². The lowest BCUT2D eigenvalue weighted by molar-refractivity contribution is -0.149. The zero-order chi connectivity index (χ0) is 15.1. The Hall–Kier alpha value is -0.570. The number of piperidine rings is 1. The molecular formula is C18H33NO2. The molecule has 0 aromatic rings. The van der Waals surface area contributed by atoms with Crippen molar-refractivity contribution in [3.05, 3.63) is 0 Å². The van der Waals surface area contributed by atoms with Gasteiger partial charge in [-0.2, -0.15) is 0 Å². The number of ether oxygens (including phenoxy) is 1. The fraction of sp³-hybridized carbons (Fsp3) is 0.944. The van der Waals surface area contributed by atoms with Gasteiger partial charge in [-0.25, -0.2) is 0 Å². The lowest BCUT2D eigenvalue weighted by Gasteiger charge is -2.39. The van der Waals surface area contributed by atoms with Gasteiger partial charge in [0.15, 0.2) is 0 Å². The van der Waals surface area contributed by atoms with Crippen LogP contribution in [-0.4, -0.2) is 24.7 Å². The fourth-order valence-electron chi connectivity index (χ4n) is 3.88. The van der Waals surface area contributed by atoms with E-state index in [1.54, 1.807) is 0 Å². The van der Waals surface area contributed by atoms with Gasteiger partial charge in [-0.3, -0.25) is 4.79 Å². The Kier molecular flexibility index (Phi) is 7.01. The number of hydrogen-bond acceptors (Lipinski definition) is 3. The number of unbranched alkanes of at least 4 members (excludes halogenated alkanes) is 1. The van der Waals surface area contributed by atoms with Crippen molar-refractivity contribution in [3.63, 3.8) is 0 Å². The molecule has 21 heavy (non-hydrogen) atoms. The topological polar surface area (TPSA) is 38.3 Å². The Morgan fingerprint density at radius 2 is 2.00 bits per heavy atom. The number of esters is 1. The largest absolute Gasteiger partial charge is 0.464 e. The van der Waals surface area contributed by atoms with Crippen LogP contribution in [-0.2, 0) is 9.53 Å². The SMILES string of the molecule is CCCCC(CC)COC(=O)C1CCC2CCCCC2N1. The average Bonchev–Trinajstić information content (AvgIpc) is 2.54. The van der Waals surface area contributed by atoms with Gasteiger partial charge in [-0.15, -0.1) is 0 Å². The molecular weight excluding hydrogens is 262 g/mol. The third-order valence-electron chi connectivity index (χ3n) is 5.44. The minimum absolute atomic E-state index is 0.00558. The minimum atomic E-state index is -0.0481. The van der Waals surface area contributed by atoms with Crippen LogP contribution in [0.1, 0.15) is 78.1 Å². The summed E-state index contributed by atoms with van der Waals surface area (Å²) in [7, 11) is 0. The number of nitrogens with one attached hydrogen (secondary N) is 1. The Labute approximate surface area is 130 Å². The maximum atomic E-state index is 12.3. The van der Waals surface area contributed by atoms with Crippen molar-refractivity contribution in [2.45, 2.75) is 90.1 Å². The van der Waals surface area contributed by atoms with E-state index in [-0.39, 0.29) is 12.0 Å². The van der Waals surface area contributed by atoms with Gasteiger partial charge in [0.1, 0.15) is 6.04 Å². The van der Waals surface area contributed by atoms with Crippen LogP contribution < -0.4 is 5.32 Å². The second kappa shape index (κ2) is 8.77. The smallest absolute Gasteiger partial charge is 0.323 e. The summed E-state index contributed by atoms with van der Waals surface area (Å²) in [6, 6.07) is 0.514. The van der Waals surface area contributed by atoms with Gasteiger partial charge >= 0.3 is 5.97 Å². The normalized spacial score (nSPS) is 30.5. The number of rotatable bonds is 7. The van der Waals surface area contributed by atoms with Crippen LogP contribution in [0.2, 0.25) is 0 Å².